The van der Waals surface area contributed by atoms with Gasteiger partial charge in [-0.1, -0.05) is 13.8 Å². The lowest BCUT2D eigenvalue weighted by molar-refractivity contribution is -0.203. The lowest BCUT2D eigenvalue weighted by Crippen LogP contribution is -2.64. The first-order valence-corrected chi connectivity index (χ1v) is 7.39. The highest BCUT2D eigenvalue weighted by Crippen LogP contribution is 2.32. The van der Waals surface area contributed by atoms with Crippen LogP contribution in [0.4, 0.5) is 18.0 Å². The number of nitrogens with one attached hydrogen (secondary N) is 1. The Labute approximate surface area is 125 Å². The average molecular weight is 328 g/mol. The predicted molar refractivity (Wildman–Crippen MR) is 73.4 cm³/mol. The van der Waals surface area contributed by atoms with E-state index in [-0.39, 0.29) is 11.3 Å². The molecule has 1 aliphatic heterocycles. The molecule has 0 aliphatic carbocycles. The SMILES string of the molecule is CC1(C)CCN(C(=O)NC(C)(C(=O)O)C(F)(F)F)CCS1. The zero-order valence-corrected chi connectivity index (χ0v) is 12.9. The summed E-state index contributed by atoms with van der Waals surface area (Å²) in [6.07, 6.45) is -4.45. The molecule has 0 aromatic rings. The van der Waals surface area contributed by atoms with Crippen molar-refractivity contribution in [2.24, 2.45) is 0 Å². The molecule has 1 unspecified atom stereocenters. The van der Waals surface area contributed by atoms with Crippen LogP contribution in [0.3, 0.4) is 0 Å². The van der Waals surface area contributed by atoms with Crippen LogP contribution in [0.25, 0.3) is 0 Å². The van der Waals surface area contributed by atoms with Crippen LogP contribution in [-0.2, 0) is 4.79 Å². The van der Waals surface area contributed by atoms with Gasteiger partial charge in [0.2, 0.25) is 5.54 Å². The van der Waals surface area contributed by atoms with Crippen molar-refractivity contribution in [3.05, 3.63) is 0 Å². The van der Waals surface area contributed by atoms with Crippen LogP contribution in [0.5, 0.6) is 0 Å². The number of hydrogen-bond acceptors (Lipinski definition) is 3. The molecular weight excluding hydrogens is 309 g/mol. The van der Waals surface area contributed by atoms with Crippen molar-refractivity contribution >= 4 is 23.8 Å². The van der Waals surface area contributed by atoms with Gasteiger partial charge in [-0.15, -0.1) is 0 Å². The van der Waals surface area contributed by atoms with Gasteiger partial charge in [-0.25, -0.2) is 9.59 Å². The van der Waals surface area contributed by atoms with E-state index in [0.717, 1.165) is 0 Å². The summed E-state index contributed by atoms with van der Waals surface area (Å²) in [6.45, 7) is 5.02. The first kappa shape index (κ1) is 17.9. The van der Waals surface area contributed by atoms with Crippen LogP contribution in [0.15, 0.2) is 0 Å². The molecule has 2 N–H and O–H groups in total. The molecule has 1 rings (SSSR count). The summed E-state index contributed by atoms with van der Waals surface area (Å²) in [5.41, 5.74) is -3.29. The summed E-state index contributed by atoms with van der Waals surface area (Å²) in [4.78, 5) is 24.1. The number of carboxylic acids is 1. The molecule has 1 heterocycles. The van der Waals surface area contributed by atoms with E-state index in [1.54, 1.807) is 17.1 Å². The van der Waals surface area contributed by atoms with Crippen molar-refractivity contribution in [2.45, 2.75) is 43.7 Å². The average Bonchev–Trinajstić information content (AvgIpc) is 2.48. The molecule has 0 aromatic heterocycles. The maximum absolute atomic E-state index is 12.9. The Bertz CT molecular complexity index is 428. The molecule has 1 saturated heterocycles. The number of halogens is 3. The minimum Gasteiger partial charge on any atom is -0.479 e. The molecule has 5 nitrogen and oxygen atoms in total. The van der Waals surface area contributed by atoms with E-state index < -0.39 is 23.7 Å². The molecule has 9 heteroatoms. The number of alkyl halides is 3. The zero-order valence-electron chi connectivity index (χ0n) is 12.1. The number of rotatable bonds is 2. The lowest BCUT2D eigenvalue weighted by Gasteiger charge is -2.31. The fourth-order valence-corrected chi connectivity index (χ4v) is 2.86. The molecule has 122 valence electrons. The van der Waals surface area contributed by atoms with Gasteiger partial charge >= 0.3 is 18.2 Å². The number of aliphatic carboxylic acids is 1. The molecule has 21 heavy (non-hydrogen) atoms. The molecule has 0 radical (unpaired) electrons. The Morgan fingerprint density at radius 2 is 1.86 bits per heavy atom. The number of urea groups is 1. The predicted octanol–water partition coefficient (Wildman–Crippen LogP) is 2.32. The molecule has 1 aliphatic rings. The number of carbonyl (C=O) groups excluding carboxylic acids is 1. The van der Waals surface area contributed by atoms with E-state index in [4.69, 9.17) is 5.11 Å². The highest BCUT2D eigenvalue weighted by atomic mass is 32.2. The summed E-state index contributed by atoms with van der Waals surface area (Å²) < 4.78 is 38.5. The van der Waals surface area contributed by atoms with E-state index in [1.165, 1.54) is 4.90 Å². The van der Waals surface area contributed by atoms with Gasteiger partial charge in [0, 0.05) is 23.6 Å². The van der Waals surface area contributed by atoms with Crippen LogP contribution in [0.2, 0.25) is 0 Å². The Morgan fingerprint density at radius 3 is 2.33 bits per heavy atom. The van der Waals surface area contributed by atoms with E-state index in [0.29, 0.717) is 25.6 Å². The highest BCUT2D eigenvalue weighted by molar-refractivity contribution is 8.00. The van der Waals surface area contributed by atoms with E-state index >= 15 is 0 Å². The standard InChI is InChI=1S/C12H19F3N2O3S/c1-10(2)4-5-17(6-7-21-10)9(20)16-11(3,8(18)19)12(13,14)15/h4-7H2,1-3H3,(H,16,20)(H,18,19). The van der Waals surface area contributed by atoms with Gasteiger partial charge in [0.1, 0.15) is 0 Å². The number of hydrogen-bond donors (Lipinski definition) is 2. The third kappa shape index (κ3) is 4.18. The fraction of sp³-hybridized carbons (Fsp3) is 0.833. The molecular formula is C12H19F3N2O3S. The van der Waals surface area contributed by atoms with Gasteiger partial charge < -0.3 is 15.3 Å². The maximum atomic E-state index is 12.9. The normalized spacial score (nSPS) is 22.1. The van der Waals surface area contributed by atoms with Gasteiger partial charge in [0.15, 0.2) is 0 Å². The summed E-state index contributed by atoms with van der Waals surface area (Å²) in [6, 6.07) is -1.00. The number of amides is 2. The largest absolute Gasteiger partial charge is 0.479 e. The van der Waals surface area contributed by atoms with Gasteiger partial charge in [-0.05, 0) is 13.3 Å². The third-order valence-electron chi connectivity index (χ3n) is 3.48. The molecule has 0 saturated carbocycles. The van der Waals surface area contributed by atoms with Crippen LogP contribution < -0.4 is 5.32 Å². The minimum atomic E-state index is -5.08. The molecule has 1 atom stereocenters. The first-order chi connectivity index (χ1) is 9.39. The molecule has 0 aromatic carbocycles. The monoisotopic (exact) mass is 328 g/mol. The molecule has 0 spiro atoms. The quantitative estimate of drug-likeness (QED) is 0.816. The minimum absolute atomic E-state index is 0.0604. The second-order valence-electron chi connectivity index (χ2n) is 5.70. The van der Waals surface area contributed by atoms with Crippen molar-refractivity contribution in [1.82, 2.24) is 10.2 Å². The van der Waals surface area contributed by atoms with Crippen molar-refractivity contribution < 1.29 is 27.9 Å². The van der Waals surface area contributed by atoms with E-state index in [2.05, 4.69) is 0 Å². The van der Waals surface area contributed by atoms with Gasteiger partial charge in [0.25, 0.3) is 0 Å². The van der Waals surface area contributed by atoms with Crippen LogP contribution in [-0.4, -0.2) is 57.3 Å². The van der Waals surface area contributed by atoms with Crippen molar-refractivity contribution in [3.8, 4) is 0 Å². The van der Waals surface area contributed by atoms with Gasteiger partial charge in [0.05, 0.1) is 0 Å². The summed E-state index contributed by atoms with van der Waals surface area (Å²) >= 11 is 1.63. The van der Waals surface area contributed by atoms with Gasteiger partial charge in [-0.3, -0.25) is 0 Å². The Kier molecular flexibility index (Phi) is 5.07. The summed E-state index contributed by atoms with van der Waals surface area (Å²) in [5, 5.41) is 10.4. The topological polar surface area (TPSA) is 69.6 Å². The molecule has 1 fully saturated rings. The zero-order chi connectivity index (χ0) is 16.5. The smallest absolute Gasteiger partial charge is 0.422 e. The summed E-state index contributed by atoms with van der Waals surface area (Å²) in [7, 11) is 0. The number of carbonyl (C=O) groups is 2. The van der Waals surface area contributed by atoms with Crippen LogP contribution in [0.1, 0.15) is 27.2 Å². The van der Waals surface area contributed by atoms with E-state index in [1.807, 2.05) is 13.8 Å². The number of carboxylic acid groups (broad SMARTS) is 1. The third-order valence-corrected chi connectivity index (χ3v) is 4.85. The Hall–Kier alpha value is -1.12. The maximum Gasteiger partial charge on any atom is 0.422 e. The van der Waals surface area contributed by atoms with Crippen molar-refractivity contribution in [1.29, 1.82) is 0 Å². The van der Waals surface area contributed by atoms with Gasteiger partial charge in [-0.2, -0.15) is 24.9 Å². The summed E-state index contributed by atoms with van der Waals surface area (Å²) in [5.74, 6) is -1.54. The Morgan fingerprint density at radius 1 is 1.29 bits per heavy atom. The van der Waals surface area contributed by atoms with Crippen molar-refractivity contribution in [3.63, 3.8) is 0 Å². The lowest BCUT2D eigenvalue weighted by atomic mass is 10.0. The highest BCUT2D eigenvalue weighted by Gasteiger charge is 2.58. The van der Waals surface area contributed by atoms with Crippen LogP contribution in [0, 0.1) is 0 Å². The van der Waals surface area contributed by atoms with Crippen LogP contribution >= 0.6 is 11.8 Å². The molecule has 0 bridgehead atoms. The van der Waals surface area contributed by atoms with Crippen molar-refractivity contribution in [2.75, 3.05) is 18.8 Å². The number of thioether (sulfide) groups is 1. The second kappa shape index (κ2) is 5.94. The first-order valence-electron chi connectivity index (χ1n) is 6.40. The Balaban J connectivity index is 2.82. The fourth-order valence-electron chi connectivity index (χ4n) is 1.76. The molecule has 2 amide bonds. The van der Waals surface area contributed by atoms with E-state index in [9.17, 15) is 22.8 Å². The number of nitrogens with zero attached hydrogens (tertiary/aromatic N) is 1. The second-order valence-corrected chi connectivity index (χ2v) is 7.51.